The third-order valence-corrected chi connectivity index (χ3v) is 2.98. The molecule has 0 saturated heterocycles. The van der Waals surface area contributed by atoms with Crippen molar-refractivity contribution in [2.45, 2.75) is 6.61 Å². The molecule has 4 nitrogen and oxygen atoms in total. The minimum atomic E-state index is -1.03. The maximum Gasteiger partial charge on any atom is 0.354 e. The molecule has 18 heavy (non-hydrogen) atoms. The molecule has 0 aliphatic heterocycles. The van der Waals surface area contributed by atoms with E-state index in [1.54, 1.807) is 6.07 Å². The van der Waals surface area contributed by atoms with E-state index >= 15 is 0 Å². The van der Waals surface area contributed by atoms with Crippen LogP contribution in [0.15, 0.2) is 42.6 Å². The SMILES string of the molecule is O=C(O)c1ccc(COc2ccc(I)cc2)cn1. The summed E-state index contributed by atoms with van der Waals surface area (Å²) in [5, 5.41) is 8.72. The third-order valence-electron chi connectivity index (χ3n) is 2.26. The van der Waals surface area contributed by atoms with E-state index in [-0.39, 0.29) is 5.69 Å². The van der Waals surface area contributed by atoms with Crippen LogP contribution in [0.5, 0.6) is 5.75 Å². The van der Waals surface area contributed by atoms with Gasteiger partial charge in [-0.05, 0) is 52.9 Å². The Morgan fingerprint density at radius 1 is 1.22 bits per heavy atom. The minimum absolute atomic E-state index is 0.0352. The number of hydrogen-bond donors (Lipinski definition) is 1. The van der Waals surface area contributed by atoms with E-state index in [0.29, 0.717) is 6.61 Å². The zero-order valence-corrected chi connectivity index (χ0v) is 11.5. The number of halogens is 1. The molecule has 0 bridgehead atoms. The highest BCUT2D eigenvalue weighted by Gasteiger charge is 2.03. The Morgan fingerprint density at radius 3 is 2.50 bits per heavy atom. The molecule has 1 aromatic carbocycles. The highest BCUT2D eigenvalue weighted by Crippen LogP contribution is 2.15. The summed E-state index contributed by atoms with van der Waals surface area (Å²) in [5.41, 5.74) is 0.867. The van der Waals surface area contributed by atoms with Crippen LogP contribution in [0.25, 0.3) is 0 Å². The fourth-order valence-electron chi connectivity index (χ4n) is 1.33. The number of aromatic nitrogens is 1. The van der Waals surface area contributed by atoms with Crippen molar-refractivity contribution in [2.75, 3.05) is 0 Å². The van der Waals surface area contributed by atoms with Crippen molar-refractivity contribution >= 4 is 28.6 Å². The first kappa shape index (κ1) is 12.8. The Hall–Kier alpha value is -1.63. The molecule has 0 saturated carbocycles. The number of benzene rings is 1. The molecule has 0 aliphatic carbocycles. The molecule has 0 radical (unpaired) electrons. The van der Waals surface area contributed by atoms with Crippen molar-refractivity contribution in [3.05, 3.63) is 57.4 Å². The maximum atomic E-state index is 10.6. The number of aromatic carboxylic acids is 1. The zero-order valence-electron chi connectivity index (χ0n) is 9.34. The molecule has 0 fully saturated rings. The van der Waals surface area contributed by atoms with E-state index in [1.165, 1.54) is 12.3 Å². The summed E-state index contributed by atoms with van der Waals surface area (Å²) < 4.78 is 6.70. The lowest BCUT2D eigenvalue weighted by atomic mass is 10.2. The van der Waals surface area contributed by atoms with Gasteiger partial charge in [0.05, 0.1) is 0 Å². The molecule has 2 rings (SSSR count). The summed E-state index contributed by atoms with van der Waals surface area (Å²) >= 11 is 2.22. The molecule has 0 spiro atoms. The summed E-state index contributed by atoms with van der Waals surface area (Å²) in [7, 11) is 0. The van der Waals surface area contributed by atoms with Crippen LogP contribution >= 0.6 is 22.6 Å². The molecule has 0 amide bonds. The lowest BCUT2D eigenvalue weighted by molar-refractivity contribution is 0.0690. The summed E-state index contributed by atoms with van der Waals surface area (Å²) in [4.78, 5) is 14.5. The summed E-state index contributed by atoms with van der Waals surface area (Å²) in [5.74, 6) is -0.252. The average Bonchev–Trinajstić information content (AvgIpc) is 2.38. The van der Waals surface area contributed by atoms with Gasteiger partial charge in [-0.2, -0.15) is 0 Å². The number of hydrogen-bond acceptors (Lipinski definition) is 3. The Balaban J connectivity index is 1.97. The molecular formula is C13H10INO3. The largest absolute Gasteiger partial charge is 0.489 e. The van der Waals surface area contributed by atoms with E-state index in [9.17, 15) is 4.79 Å². The molecule has 2 aromatic rings. The van der Waals surface area contributed by atoms with E-state index in [4.69, 9.17) is 9.84 Å². The maximum absolute atomic E-state index is 10.6. The van der Waals surface area contributed by atoms with Gasteiger partial charge in [-0.25, -0.2) is 9.78 Å². The van der Waals surface area contributed by atoms with Gasteiger partial charge in [-0.15, -0.1) is 0 Å². The second-order valence-corrected chi connectivity index (χ2v) is 4.85. The highest BCUT2D eigenvalue weighted by molar-refractivity contribution is 14.1. The van der Waals surface area contributed by atoms with Gasteiger partial charge in [-0.3, -0.25) is 0 Å². The van der Waals surface area contributed by atoms with Gasteiger partial charge in [-0.1, -0.05) is 6.07 Å². The molecule has 1 N–H and O–H groups in total. The van der Waals surface area contributed by atoms with Gasteiger partial charge < -0.3 is 9.84 Å². The molecular weight excluding hydrogens is 345 g/mol. The predicted octanol–water partition coefficient (Wildman–Crippen LogP) is 2.96. The lowest BCUT2D eigenvalue weighted by Crippen LogP contribution is -2.02. The molecule has 0 aliphatic rings. The average molecular weight is 355 g/mol. The second kappa shape index (κ2) is 5.81. The van der Waals surface area contributed by atoms with Crippen LogP contribution in [0, 0.1) is 3.57 Å². The van der Waals surface area contributed by atoms with Crippen LogP contribution in [-0.4, -0.2) is 16.1 Å². The lowest BCUT2D eigenvalue weighted by Gasteiger charge is -2.06. The van der Waals surface area contributed by atoms with Crippen molar-refractivity contribution < 1.29 is 14.6 Å². The van der Waals surface area contributed by atoms with Crippen LogP contribution in [0.4, 0.5) is 0 Å². The van der Waals surface area contributed by atoms with Crippen molar-refractivity contribution in [1.82, 2.24) is 4.98 Å². The van der Waals surface area contributed by atoms with E-state index in [2.05, 4.69) is 27.6 Å². The molecule has 0 unspecified atom stereocenters. The standard InChI is InChI=1S/C13H10INO3/c14-10-2-4-11(5-3-10)18-8-9-1-6-12(13(16)17)15-7-9/h1-7H,8H2,(H,16,17). The van der Waals surface area contributed by atoms with Gasteiger partial charge >= 0.3 is 5.97 Å². The summed E-state index contributed by atoms with van der Waals surface area (Å²) in [6.07, 6.45) is 1.51. The Morgan fingerprint density at radius 2 is 1.94 bits per heavy atom. The Labute approximate surface area is 118 Å². The number of pyridine rings is 1. The first-order valence-corrected chi connectivity index (χ1v) is 6.29. The number of ether oxygens (including phenoxy) is 1. The topological polar surface area (TPSA) is 59.4 Å². The fraction of sp³-hybridized carbons (Fsp3) is 0.0769. The molecule has 5 heteroatoms. The molecule has 1 aromatic heterocycles. The molecule has 0 atom stereocenters. The van der Waals surface area contributed by atoms with Crippen molar-refractivity contribution in [3.63, 3.8) is 0 Å². The monoisotopic (exact) mass is 355 g/mol. The van der Waals surface area contributed by atoms with Crippen molar-refractivity contribution in [2.24, 2.45) is 0 Å². The zero-order chi connectivity index (χ0) is 13.0. The first-order valence-electron chi connectivity index (χ1n) is 5.22. The van der Waals surface area contributed by atoms with Crippen molar-refractivity contribution in [3.8, 4) is 5.75 Å². The Kier molecular flexibility index (Phi) is 4.14. The van der Waals surface area contributed by atoms with Crippen molar-refractivity contribution in [1.29, 1.82) is 0 Å². The van der Waals surface area contributed by atoms with Crippen LogP contribution in [0.3, 0.4) is 0 Å². The Bertz CT molecular complexity index is 537. The number of carboxylic acids is 1. The second-order valence-electron chi connectivity index (χ2n) is 3.60. The number of carbonyl (C=O) groups is 1. The van der Waals surface area contributed by atoms with Crippen LogP contribution in [-0.2, 0) is 6.61 Å². The summed E-state index contributed by atoms with van der Waals surface area (Å²) in [6.45, 7) is 0.369. The van der Waals surface area contributed by atoms with Crippen LogP contribution in [0.1, 0.15) is 16.1 Å². The van der Waals surface area contributed by atoms with E-state index in [1.807, 2.05) is 24.3 Å². The van der Waals surface area contributed by atoms with E-state index in [0.717, 1.165) is 14.9 Å². The van der Waals surface area contributed by atoms with Gasteiger partial charge in [0.25, 0.3) is 0 Å². The summed E-state index contributed by atoms with van der Waals surface area (Å²) in [6, 6.07) is 10.9. The fourth-order valence-corrected chi connectivity index (χ4v) is 1.69. The first-order chi connectivity index (χ1) is 8.65. The quantitative estimate of drug-likeness (QED) is 0.857. The van der Waals surface area contributed by atoms with E-state index < -0.39 is 5.97 Å². The third kappa shape index (κ3) is 3.43. The van der Waals surface area contributed by atoms with Crippen LogP contribution < -0.4 is 4.74 Å². The van der Waals surface area contributed by atoms with Gasteiger partial charge in [0.15, 0.2) is 0 Å². The number of nitrogens with zero attached hydrogens (tertiary/aromatic N) is 1. The normalized spacial score (nSPS) is 10.1. The number of rotatable bonds is 4. The number of carboxylic acid groups (broad SMARTS) is 1. The molecule has 92 valence electrons. The predicted molar refractivity (Wildman–Crippen MR) is 74.7 cm³/mol. The molecule has 1 heterocycles. The van der Waals surface area contributed by atoms with Crippen LogP contribution in [0.2, 0.25) is 0 Å². The van der Waals surface area contributed by atoms with Gasteiger partial charge in [0.1, 0.15) is 18.1 Å². The smallest absolute Gasteiger partial charge is 0.354 e. The van der Waals surface area contributed by atoms with Gasteiger partial charge in [0, 0.05) is 15.3 Å². The highest BCUT2D eigenvalue weighted by atomic mass is 127. The van der Waals surface area contributed by atoms with Gasteiger partial charge in [0.2, 0.25) is 0 Å². The minimum Gasteiger partial charge on any atom is -0.489 e.